The summed E-state index contributed by atoms with van der Waals surface area (Å²) in [5, 5.41) is 13.8. The van der Waals surface area contributed by atoms with Crippen molar-refractivity contribution in [1.29, 1.82) is 0 Å². The molecule has 10 nitrogen and oxygen atoms in total. The van der Waals surface area contributed by atoms with Gasteiger partial charge >= 0.3 is 12.0 Å². The zero-order valence-corrected chi connectivity index (χ0v) is 23.1. The maximum Gasteiger partial charge on any atom is 0.334 e. The third-order valence-corrected chi connectivity index (χ3v) is 6.89. The van der Waals surface area contributed by atoms with Gasteiger partial charge in [-0.2, -0.15) is 0 Å². The van der Waals surface area contributed by atoms with Crippen LogP contribution >= 0.6 is 0 Å². The monoisotopic (exact) mass is 563 g/mol. The number of rotatable bonds is 9. The Balaban J connectivity index is 1.08. The lowest BCUT2D eigenvalue weighted by Gasteiger charge is -2.37. The predicted molar refractivity (Wildman–Crippen MR) is 164 cm³/mol. The van der Waals surface area contributed by atoms with E-state index in [0.717, 1.165) is 24.2 Å². The summed E-state index contributed by atoms with van der Waals surface area (Å²) in [6.45, 7) is 3.20. The fraction of sp³-hybridized carbons (Fsp3) is 0.188. The molecular weight excluding hydrogens is 530 g/mol. The number of para-hydroxylation sites is 2. The van der Waals surface area contributed by atoms with Crippen LogP contribution in [-0.2, 0) is 16.0 Å². The van der Waals surface area contributed by atoms with E-state index in [-0.39, 0.29) is 6.61 Å². The number of aromatic nitrogens is 2. The normalized spacial score (nSPS) is 13.4. The Kier molecular flexibility index (Phi) is 9.25. The van der Waals surface area contributed by atoms with E-state index in [0.29, 0.717) is 42.5 Å². The van der Waals surface area contributed by atoms with E-state index in [2.05, 4.69) is 37.9 Å². The number of anilines is 3. The first kappa shape index (κ1) is 28.2. The van der Waals surface area contributed by atoms with Gasteiger partial charge in [0.05, 0.1) is 18.4 Å². The van der Waals surface area contributed by atoms with E-state index in [4.69, 9.17) is 10.5 Å². The topological polar surface area (TPSA) is 126 Å². The van der Waals surface area contributed by atoms with Crippen molar-refractivity contribution in [2.45, 2.75) is 6.42 Å². The van der Waals surface area contributed by atoms with Gasteiger partial charge in [-0.1, -0.05) is 66.7 Å². The van der Waals surface area contributed by atoms with Crippen molar-refractivity contribution in [3.63, 3.8) is 0 Å². The third-order valence-electron chi connectivity index (χ3n) is 6.89. The Morgan fingerprint density at radius 3 is 2.21 bits per heavy atom. The first-order valence-electron chi connectivity index (χ1n) is 13.8. The van der Waals surface area contributed by atoms with Crippen LogP contribution in [0.4, 0.5) is 22.0 Å². The number of benzene rings is 3. The summed E-state index contributed by atoms with van der Waals surface area (Å²) in [5.41, 5.74) is 10.5. The molecule has 0 spiro atoms. The van der Waals surface area contributed by atoms with Crippen LogP contribution in [0.2, 0.25) is 0 Å². The molecule has 0 radical (unpaired) electrons. The molecule has 2 amide bonds. The third kappa shape index (κ3) is 7.63. The average molecular weight is 564 g/mol. The molecular formula is C32H33N7O3. The summed E-state index contributed by atoms with van der Waals surface area (Å²) in [6.07, 6.45) is 1.75. The molecule has 5 rings (SSSR count). The van der Waals surface area contributed by atoms with Crippen LogP contribution in [0.5, 0.6) is 0 Å². The van der Waals surface area contributed by atoms with E-state index in [1.54, 1.807) is 18.2 Å². The fourth-order valence-corrected chi connectivity index (χ4v) is 4.67. The number of hydrogen-bond acceptors (Lipinski definition) is 8. The second-order valence-corrected chi connectivity index (χ2v) is 9.70. The number of amides is 2. The van der Waals surface area contributed by atoms with E-state index >= 15 is 0 Å². The lowest BCUT2D eigenvalue weighted by Crippen LogP contribution is -2.47. The second-order valence-electron chi connectivity index (χ2n) is 9.70. The van der Waals surface area contributed by atoms with Crippen molar-refractivity contribution in [3.05, 3.63) is 115 Å². The Hall–Kier alpha value is -5.38. The molecule has 1 aliphatic heterocycles. The van der Waals surface area contributed by atoms with E-state index < -0.39 is 12.0 Å². The zero-order valence-electron chi connectivity index (χ0n) is 23.1. The predicted octanol–water partition coefficient (Wildman–Crippen LogP) is 4.50. The van der Waals surface area contributed by atoms with Gasteiger partial charge in [-0.25, -0.2) is 9.59 Å². The summed E-state index contributed by atoms with van der Waals surface area (Å²) in [5.74, 6) is 0.217. The van der Waals surface area contributed by atoms with Crippen molar-refractivity contribution in [2.24, 2.45) is 5.73 Å². The number of hydrogen-bond donors (Lipinski definition) is 3. The van der Waals surface area contributed by atoms with Gasteiger partial charge in [-0.3, -0.25) is 5.32 Å². The number of ether oxygens (including phenoxy) is 1. The molecule has 214 valence electrons. The van der Waals surface area contributed by atoms with Gasteiger partial charge in [0.15, 0.2) is 5.82 Å². The lowest BCUT2D eigenvalue weighted by atomic mass is 10.1. The number of carbonyl (C=O) groups is 2. The van der Waals surface area contributed by atoms with Gasteiger partial charge in [0.2, 0.25) is 0 Å². The summed E-state index contributed by atoms with van der Waals surface area (Å²) in [7, 11) is 0. The minimum absolute atomic E-state index is 0.136. The van der Waals surface area contributed by atoms with Crippen molar-refractivity contribution in [1.82, 2.24) is 15.1 Å². The minimum atomic E-state index is -0.501. The number of nitrogens with one attached hydrogen (secondary N) is 2. The fourth-order valence-electron chi connectivity index (χ4n) is 4.67. The summed E-state index contributed by atoms with van der Waals surface area (Å²) in [4.78, 5) is 29.4. The van der Waals surface area contributed by atoms with Crippen LogP contribution in [0.3, 0.4) is 0 Å². The van der Waals surface area contributed by atoms with Gasteiger partial charge in [0.1, 0.15) is 5.82 Å². The van der Waals surface area contributed by atoms with Crippen LogP contribution in [-0.4, -0.2) is 59.9 Å². The highest BCUT2D eigenvalue weighted by molar-refractivity contribution is 5.99. The molecule has 4 N–H and O–H groups in total. The minimum Gasteiger partial charge on any atom is -0.462 e. The van der Waals surface area contributed by atoms with Crippen molar-refractivity contribution >= 4 is 29.2 Å². The van der Waals surface area contributed by atoms with Crippen molar-refractivity contribution < 1.29 is 14.3 Å². The molecule has 10 heteroatoms. The maximum atomic E-state index is 12.6. The number of nitrogens with two attached hydrogens (primary N) is 1. The highest BCUT2D eigenvalue weighted by atomic mass is 16.5. The maximum absolute atomic E-state index is 12.6. The van der Waals surface area contributed by atoms with E-state index in [1.165, 1.54) is 11.8 Å². The van der Waals surface area contributed by atoms with Crippen LogP contribution in [0, 0.1) is 0 Å². The highest BCUT2D eigenvalue weighted by Crippen LogP contribution is 2.19. The number of piperazine rings is 1. The van der Waals surface area contributed by atoms with Gasteiger partial charge in [-0.15, -0.1) is 10.2 Å². The first-order chi connectivity index (χ1) is 20.5. The number of carbonyl (C=O) groups excluding carboxylic acids is 2. The van der Waals surface area contributed by atoms with Gasteiger partial charge in [-0.05, 0) is 35.9 Å². The molecule has 0 saturated carbocycles. The lowest BCUT2D eigenvalue weighted by molar-refractivity contribution is -0.137. The van der Waals surface area contributed by atoms with Crippen molar-refractivity contribution in [2.75, 3.05) is 48.3 Å². The quantitative estimate of drug-likeness (QED) is 0.201. The van der Waals surface area contributed by atoms with Gasteiger partial charge in [0.25, 0.3) is 0 Å². The number of urea groups is 1. The molecule has 1 aliphatic rings. The van der Waals surface area contributed by atoms with Crippen LogP contribution in [0.25, 0.3) is 11.3 Å². The molecule has 0 unspecified atom stereocenters. The standard InChI is InChI=1S/C32H33N7O3/c33-29(39-20-18-38(19-21-39)26-12-5-2-6-13-26)23-31(40)42-22-17-25-11-7-8-14-27(25)34-32(41)35-30-16-15-28(36-37-30)24-9-3-1-4-10-24/h1-16,23H,17-22,33H2,(H2,34,35,37,41). The summed E-state index contributed by atoms with van der Waals surface area (Å²) < 4.78 is 5.42. The van der Waals surface area contributed by atoms with Gasteiger partial charge < -0.3 is 25.6 Å². The van der Waals surface area contributed by atoms with E-state index in [1.807, 2.05) is 71.6 Å². The second kappa shape index (κ2) is 13.8. The number of esters is 1. The zero-order chi connectivity index (χ0) is 29.1. The highest BCUT2D eigenvalue weighted by Gasteiger charge is 2.18. The summed E-state index contributed by atoms with van der Waals surface area (Å²) >= 11 is 0. The number of nitrogens with zero attached hydrogens (tertiary/aromatic N) is 4. The van der Waals surface area contributed by atoms with Crippen LogP contribution in [0.15, 0.2) is 109 Å². The molecule has 4 aromatic rings. The molecule has 1 fully saturated rings. The molecule has 0 atom stereocenters. The van der Waals surface area contributed by atoms with Crippen molar-refractivity contribution in [3.8, 4) is 11.3 Å². The Morgan fingerprint density at radius 1 is 0.810 bits per heavy atom. The van der Waals surface area contributed by atoms with E-state index in [9.17, 15) is 9.59 Å². The Bertz CT molecular complexity index is 1500. The molecule has 2 heterocycles. The summed E-state index contributed by atoms with van der Waals surface area (Å²) in [6, 6.07) is 30.3. The average Bonchev–Trinajstić information content (AvgIpc) is 3.03. The van der Waals surface area contributed by atoms with Gasteiger partial charge in [0, 0.05) is 49.5 Å². The van der Waals surface area contributed by atoms with Crippen LogP contribution in [0.1, 0.15) is 5.56 Å². The molecule has 0 bridgehead atoms. The van der Waals surface area contributed by atoms with Crippen LogP contribution < -0.4 is 21.3 Å². The molecule has 1 saturated heterocycles. The smallest absolute Gasteiger partial charge is 0.334 e. The Labute approximate surface area is 244 Å². The first-order valence-corrected chi connectivity index (χ1v) is 13.8. The Morgan fingerprint density at radius 2 is 1.50 bits per heavy atom. The molecule has 3 aromatic carbocycles. The molecule has 0 aliphatic carbocycles. The molecule has 42 heavy (non-hydrogen) atoms. The largest absolute Gasteiger partial charge is 0.462 e. The SMILES string of the molecule is NC(=CC(=O)OCCc1ccccc1NC(=O)Nc1ccc(-c2ccccc2)nn1)N1CCN(c2ccccc2)CC1. The molecule has 1 aromatic heterocycles.